The minimum absolute atomic E-state index is 0.238. The van der Waals surface area contributed by atoms with E-state index in [-0.39, 0.29) is 5.97 Å². The molecular formula is C22H39NO2. The zero-order chi connectivity index (χ0) is 17.6. The monoisotopic (exact) mass is 349 g/mol. The highest BCUT2D eigenvalue weighted by Crippen LogP contribution is 2.57. The molecule has 0 aromatic heterocycles. The molecule has 4 aliphatic carbocycles. The molecule has 0 amide bonds. The number of ether oxygens (including phenoxy) is 1. The first-order valence-corrected chi connectivity index (χ1v) is 11.1. The highest BCUT2D eigenvalue weighted by atomic mass is 16.5. The summed E-state index contributed by atoms with van der Waals surface area (Å²) in [6.07, 6.45) is 17.8. The number of carbonyl (C=O) groups is 1. The van der Waals surface area contributed by atoms with Crippen LogP contribution in [0.1, 0.15) is 90.4 Å². The average molecular weight is 350 g/mol. The number of hydrogen-bond donors (Lipinski definition) is 1. The summed E-state index contributed by atoms with van der Waals surface area (Å²) in [5, 5.41) is 0. The Morgan fingerprint density at radius 1 is 0.920 bits per heavy atom. The maximum absolute atomic E-state index is 11.5. The summed E-state index contributed by atoms with van der Waals surface area (Å²) in [6, 6.07) is -0.420. The minimum atomic E-state index is -0.420. The van der Waals surface area contributed by atoms with Gasteiger partial charge in [-0.3, -0.25) is 4.79 Å². The van der Waals surface area contributed by atoms with Gasteiger partial charge in [0.1, 0.15) is 6.04 Å². The fraction of sp³-hybridized carbons (Fsp3) is 0.955. The fourth-order valence-corrected chi connectivity index (χ4v) is 6.33. The molecule has 0 heterocycles. The van der Waals surface area contributed by atoms with E-state index in [0.717, 1.165) is 42.4 Å². The molecule has 4 saturated carbocycles. The van der Waals surface area contributed by atoms with E-state index in [1.807, 2.05) is 6.92 Å². The van der Waals surface area contributed by atoms with E-state index < -0.39 is 6.04 Å². The van der Waals surface area contributed by atoms with Crippen molar-refractivity contribution in [2.24, 2.45) is 35.3 Å². The van der Waals surface area contributed by atoms with E-state index in [2.05, 4.69) is 0 Å². The molecule has 3 nitrogen and oxygen atoms in total. The Kier molecular flexibility index (Phi) is 7.21. The predicted octanol–water partition coefficient (Wildman–Crippen LogP) is 5.07. The van der Waals surface area contributed by atoms with Crippen molar-refractivity contribution in [3.05, 3.63) is 0 Å². The van der Waals surface area contributed by atoms with Gasteiger partial charge in [-0.25, -0.2) is 0 Å². The van der Waals surface area contributed by atoms with Crippen LogP contribution in [0.2, 0.25) is 0 Å². The molecule has 4 aliphatic rings. The molecule has 1 atom stereocenters. The number of carbonyl (C=O) groups excluding carboxylic acids is 1. The van der Waals surface area contributed by atoms with Crippen LogP contribution in [0.5, 0.6) is 0 Å². The lowest BCUT2D eigenvalue weighted by atomic mass is 9.51. The Morgan fingerprint density at radius 3 is 2.08 bits per heavy atom. The van der Waals surface area contributed by atoms with Gasteiger partial charge in [0.2, 0.25) is 0 Å². The third-order valence-electron chi connectivity index (χ3n) is 7.31. The van der Waals surface area contributed by atoms with E-state index in [1.165, 1.54) is 38.5 Å². The zero-order valence-corrected chi connectivity index (χ0v) is 16.3. The maximum Gasteiger partial charge on any atom is 0.322 e. The van der Waals surface area contributed by atoms with Crippen LogP contribution in [0.15, 0.2) is 0 Å². The summed E-state index contributed by atoms with van der Waals surface area (Å²) >= 11 is 0. The number of hydrogen-bond acceptors (Lipinski definition) is 3. The molecule has 0 radical (unpaired) electrons. The van der Waals surface area contributed by atoms with Crippen LogP contribution >= 0.6 is 0 Å². The molecule has 4 rings (SSSR count). The average Bonchev–Trinajstić information content (AvgIpc) is 2.58. The van der Waals surface area contributed by atoms with Crippen molar-refractivity contribution in [1.82, 2.24) is 0 Å². The molecular weight excluding hydrogens is 310 g/mol. The number of esters is 1. The van der Waals surface area contributed by atoms with Gasteiger partial charge in [0, 0.05) is 0 Å². The second-order valence-electron chi connectivity index (χ2n) is 9.15. The Hall–Kier alpha value is -0.570. The highest BCUT2D eigenvalue weighted by molar-refractivity contribution is 5.75. The molecule has 0 aromatic rings. The normalized spacial score (nSPS) is 34.2. The zero-order valence-electron chi connectivity index (χ0n) is 16.3. The smallest absolute Gasteiger partial charge is 0.322 e. The largest absolute Gasteiger partial charge is 0.465 e. The highest BCUT2D eigenvalue weighted by Gasteiger charge is 2.47. The van der Waals surface area contributed by atoms with E-state index in [4.69, 9.17) is 10.5 Å². The maximum atomic E-state index is 11.5. The van der Waals surface area contributed by atoms with Crippen molar-refractivity contribution in [2.45, 2.75) is 96.4 Å². The summed E-state index contributed by atoms with van der Waals surface area (Å²) in [4.78, 5) is 11.5. The minimum Gasteiger partial charge on any atom is -0.465 e. The van der Waals surface area contributed by atoms with Crippen molar-refractivity contribution in [1.29, 1.82) is 0 Å². The molecule has 1 unspecified atom stereocenters. The van der Waals surface area contributed by atoms with Gasteiger partial charge in [-0.05, 0) is 81.5 Å². The van der Waals surface area contributed by atoms with Crippen molar-refractivity contribution >= 4 is 5.97 Å². The topological polar surface area (TPSA) is 52.3 Å². The van der Waals surface area contributed by atoms with Crippen LogP contribution in [0.4, 0.5) is 0 Å². The molecule has 4 fully saturated rings. The Balaban J connectivity index is 1.19. The van der Waals surface area contributed by atoms with Gasteiger partial charge in [-0.1, -0.05) is 38.5 Å². The van der Waals surface area contributed by atoms with Gasteiger partial charge in [0.25, 0.3) is 0 Å². The molecule has 0 aromatic carbocycles. The molecule has 2 N–H and O–H groups in total. The van der Waals surface area contributed by atoms with Crippen molar-refractivity contribution in [3.63, 3.8) is 0 Å². The number of rotatable bonds is 11. The first-order valence-electron chi connectivity index (χ1n) is 11.1. The van der Waals surface area contributed by atoms with Gasteiger partial charge >= 0.3 is 5.97 Å². The second-order valence-corrected chi connectivity index (χ2v) is 9.15. The van der Waals surface area contributed by atoms with Gasteiger partial charge in [-0.15, -0.1) is 0 Å². The van der Waals surface area contributed by atoms with Crippen molar-refractivity contribution < 1.29 is 9.53 Å². The summed E-state index contributed by atoms with van der Waals surface area (Å²) < 4.78 is 4.95. The molecule has 144 valence electrons. The summed E-state index contributed by atoms with van der Waals surface area (Å²) in [5.74, 6) is 5.26. The SMILES string of the molecule is CCOC(=O)C(N)CCCCCCCCC1C2CC3CC(C2)CC1C3. The standard InChI is InChI=1S/C22H39NO2/c1-2-25-22(24)21(23)10-8-6-4-3-5-7-9-20-18-12-16-11-17(14-18)15-19(20)13-16/h16-21H,2-15,23H2,1H3. The molecule has 25 heavy (non-hydrogen) atoms. The lowest BCUT2D eigenvalue weighted by molar-refractivity contribution is -0.144. The third kappa shape index (κ3) is 5.21. The molecule has 0 saturated heterocycles. The fourth-order valence-electron chi connectivity index (χ4n) is 6.33. The van der Waals surface area contributed by atoms with E-state index in [1.54, 1.807) is 32.1 Å². The van der Waals surface area contributed by atoms with Crippen LogP contribution in [0.25, 0.3) is 0 Å². The van der Waals surface area contributed by atoms with Crippen LogP contribution in [0, 0.1) is 29.6 Å². The molecule has 0 aliphatic heterocycles. The van der Waals surface area contributed by atoms with Crippen LogP contribution in [0.3, 0.4) is 0 Å². The lowest BCUT2D eigenvalue weighted by Gasteiger charge is -2.54. The lowest BCUT2D eigenvalue weighted by Crippen LogP contribution is -2.44. The quantitative estimate of drug-likeness (QED) is 0.418. The van der Waals surface area contributed by atoms with Gasteiger partial charge in [0.15, 0.2) is 0 Å². The van der Waals surface area contributed by atoms with Crippen LogP contribution in [-0.4, -0.2) is 18.6 Å². The molecule has 3 heteroatoms. The summed E-state index contributed by atoms with van der Waals surface area (Å²) in [6.45, 7) is 2.25. The van der Waals surface area contributed by atoms with E-state index in [0.29, 0.717) is 6.61 Å². The van der Waals surface area contributed by atoms with Crippen molar-refractivity contribution in [3.8, 4) is 0 Å². The second kappa shape index (κ2) is 9.39. The van der Waals surface area contributed by atoms with Crippen LogP contribution in [-0.2, 0) is 9.53 Å². The summed E-state index contributed by atoms with van der Waals surface area (Å²) in [7, 11) is 0. The van der Waals surface area contributed by atoms with Crippen molar-refractivity contribution in [2.75, 3.05) is 6.61 Å². The number of unbranched alkanes of at least 4 members (excludes halogenated alkanes) is 5. The van der Waals surface area contributed by atoms with Crippen LogP contribution < -0.4 is 5.73 Å². The van der Waals surface area contributed by atoms with Gasteiger partial charge in [0.05, 0.1) is 6.61 Å². The predicted molar refractivity (Wildman–Crippen MR) is 102 cm³/mol. The Morgan fingerprint density at radius 2 is 1.48 bits per heavy atom. The molecule has 4 bridgehead atoms. The summed E-state index contributed by atoms with van der Waals surface area (Å²) in [5.41, 5.74) is 5.83. The Bertz CT molecular complexity index is 394. The Labute approximate surface area is 154 Å². The first-order chi connectivity index (χ1) is 12.2. The van der Waals surface area contributed by atoms with E-state index in [9.17, 15) is 4.79 Å². The third-order valence-corrected chi connectivity index (χ3v) is 7.31. The first kappa shape index (κ1) is 19.2. The van der Waals surface area contributed by atoms with E-state index >= 15 is 0 Å². The van der Waals surface area contributed by atoms with Gasteiger partial charge in [-0.2, -0.15) is 0 Å². The van der Waals surface area contributed by atoms with Gasteiger partial charge < -0.3 is 10.5 Å². The number of nitrogens with two attached hydrogens (primary N) is 1. The molecule has 0 spiro atoms.